The predicted octanol–water partition coefficient (Wildman–Crippen LogP) is 1.87. The SMILES string of the molecule is CC1CN(c2ncccc2C(=O)O)CC1C. The van der Waals surface area contributed by atoms with Crippen molar-refractivity contribution in [1.29, 1.82) is 0 Å². The average molecular weight is 220 g/mol. The quantitative estimate of drug-likeness (QED) is 0.826. The predicted molar refractivity (Wildman–Crippen MR) is 61.7 cm³/mol. The Morgan fingerprint density at radius 3 is 2.62 bits per heavy atom. The molecule has 2 atom stereocenters. The van der Waals surface area contributed by atoms with E-state index in [1.807, 2.05) is 0 Å². The van der Waals surface area contributed by atoms with Crippen LogP contribution in [0.2, 0.25) is 0 Å². The number of carbonyl (C=O) groups is 1. The number of carboxylic acid groups (broad SMARTS) is 1. The molecule has 1 aliphatic rings. The van der Waals surface area contributed by atoms with Gasteiger partial charge in [-0.25, -0.2) is 9.78 Å². The minimum absolute atomic E-state index is 0.295. The van der Waals surface area contributed by atoms with E-state index in [9.17, 15) is 4.79 Å². The number of rotatable bonds is 2. The summed E-state index contributed by atoms with van der Waals surface area (Å²) in [4.78, 5) is 17.3. The molecule has 1 aromatic rings. The minimum Gasteiger partial charge on any atom is -0.478 e. The van der Waals surface area contributed by atoms with Gasteiger partial charge in [-0.15, -0.1) is 0 Å². The van der Waals surface area contributed by atoms with Gasteiger partial charge in [-0.2, -0.15) is 0 Å². The molecule has 0 spiro atoms. The Hall–Kier alpha value is -1.58. The summed E-state index contributed by atoms with van der Waals surface area (Å²) in [5, 5.41) is 9.09. The molecule has 0 aliphatic carbocycles. The molecule has 1 aromatic heterocycles. The first-order valence-electron chi connectivity index (χ1n) is 5.53. The first kappa shape index (κ1) is 10.9. The van der Waals surface area contributed by atoms with E-state index in [-0.39, 0.29) is 0 Å². The van der Waals surface area contributed by atoms with E-state index in [0.717, 1.165) is 13.1 Å². The Morgan fingerprint density at radius 2 is 2.06 bits per heavy atom. The highest BCUT2D eigenvalue weighted by atomic mass is 16.4. The monoisotopic (exact) mass is 220 g/mol. The van der Waals surface area contributed by atoms with Crippen molar-refractivity contribution in [3.63, 3.8) is 0 Å². The van der Waals surface area contributed by atoms with Crippen LogP contribution in [0.15, 0.2) is 18.3 Å². The first-order valence-corrected chi connectivity index (χ1v) is 5.53. The van der Waals surface area contributed by atoms with Gasteiger partial charge in [-0.3, -0.25) is 0 Å². The third kappa shape index (κ3) is 1.87. The molecule has 1 aliphatic heterocycles. The summed E-state index contributed by atoms with van der Waals surface area (Å²) in [6.45, 7) is 6.15. The number of hydrogen-bond donors (Lipinski definition) is 1. The summed E-state index contributed by atoms with van der Waals surface area (Å²) in [7, 11) is 0. The molecule has 0 amide bonds. The Balaban J connectivity index is 2.31. The average Bonchev–Trinajstić information content (AvgIpc) is 2.59. The minimum atomic E-state index is -0.907. The van der Waals surface area contributed by atoms with Crippen LogP contribution in [0.5, 0.6) is 0 Å². The maximum Gasteiger partial charge on any atom is 0.339 e. The number of carboxylic acids is 1. The number of nitrogens with zero attached hydrogens (tertiary/aromatic N) is 2. The largest absolute Gasteiger partial charge is 0.478 e. The van der Waals surface area contributed by atoms with Crippen molar-refractivity contribution >= 4 is 11.8 Å². The summed E-state index contributed by atoms with van der Waals surface area (Å²) in [5.41, 5.74) is 0.295. The molecule has 0 saturated carbocycles. The maximum absolute atomic E-state index is 11.1. The van der Waals surface area contributed by atoms with Gasteiger partial charge in [0.25, 0.3) is 0 Å². The van der Waals surface area contributed by atoms with Crippen LogP contribution in [0.1, 0.15) is 24.2 Å². The van der Waals surface area contributed by atoms with Gasteiger partial charge < -0.3 is 10.0 Å². The third-order valence-electron chi connectivity index (χ3n) is 3.30. The highest BCUT2D eigenvalue weighted by Gasteiger charge is 2.29. The lowest BCUT2D eigenvalue weighted by atomic mass is 10.0. The number of pyridine rings is 1. The maximum atomic E-state index is 11.1. The molecule has 1 saturated heterocycles. The Morgan fingerprint density at radius 1 is 1.44 bits per heavy atom. The summed E-state index contributed by atoms with van der Waals surface area (Å²) in [6, 6.07) is 3.27. The fourth-order valence-corrected chi connectivity index (χ4v) is 2.12. The van der Waals surface area contributed by atoms with Crippen molar-refractivity contribution in [2.45, 2.75) is 13.8 Å². The van der Waals surface area contributed by atoms with Crippen molar-refractivity contribution in [1.82, 2.24) is 4.98 Å². The van der Waals surface area contributed by atoms with E-state index < -0.39 is 5.97 Å². The lowest BCUT2D eigenvalue weighted by molar-refractivity contribution is 0.0697. The molecule has 2 heterocycles. The van der Waals surface area contributed by atoms with Crippen LogP contribution >= 0.6 is 0 Å². The van der Waals surface area contributed by atoms with E-state index in [0.29, 0.717) is 23.2 Å². The van der Waals surface area contributed by atoms with Crippen molar-refractivity contribution in [3.05, 3.63) is 23.9 Å². The molecule has 16 heavy (non-hydrogen) atoms. The molecule has 2 rings (SSSR count). The highest BCUT2D eigenvalue weighted by Crippen LogP contribution is 2.28. The zero-order chi connectivity index (χ0) is 11.7. The fraction of sp³-hybridized carbons (Fsp3) is 0.500. The molecule has 0 aromatic carbocycles. The Bertz CT molecular complexity index is 396. The second-order valence-electron chi connectivity index (χ2n) is 4.54. The van der Waals surface area contributed by atoms with Crippen molar-refractivity contribution in [2.75, 3.05) is 18.0 Å². The van der Waals surface area contributed by atoms with Crippen LogP contribution in [0.4, 0.5) is 5.82 Å². The van der Waals surface area contributed by atoms with Gasteiger partial charge in [0.05, 0.1) is 0 Å². The summed E-state index contributed by atoms with van der Waals surface area (Å²) in [6.07, 6.45) is 1.65. The van der Waals surface area contributed by atoms with Crippen molar-refractivity contribution < 1.29 is 9.90 Å². The van der Waals surface area contributed by atoms with Crippen LogP contribution in [0.25, 0.3) is 0 Å². The number of hydrogen-bond acceptors (Lipinski definition) is 3. The van der Waals surface area contributed by atoms with Crippen LogP contribution < -0.4 is 4.90 Å². The van der Waals surface area contributed by atoms with Crippen molar-refractivity contribution in [3.8, 4) is 0 Å². The summed E-state index contributed by atoms with van der Waals surface area (Å²) in [5.74, 6) is 0.869. The smallest absolute Gasteiger partial charge is 0.339 e. The number of anilines is 1. The van der Waals surface area contributed by atoms with Gasteiger partial charge in [0.15, 0.2) is 0 Å². The molecule has 2 unspecified atom stereocenters. The fourth-order valence-electron chi connectivity index (χ4n) is 2.12. The molecule has 4 nitrogen and oxygen atoms in total. The van der Waals surface area contributed by atoms with Crippen LogP contribution in [-0.4, -0.2) is 29.1 Å². The second-order valence-corrected chi connectivity index (χ2v) is 4.54. The topological polar surface area (TPSA) is 53.4 Å². The second kappa shape index (κ2) is 4.12. The van der Waals surface area contributed by atoms with Gasteiger partial charge in [0.2, 0.25) is 0 Å². The lowest BCUT2D eigenvalue weighted by Gasteiger charge is -2.18. The zero-order valence-electron chi connectivity index (χ0n) is 9.55. The standard InChI is InChI=1S/C12H16N2O2/c1-8-6-14(7-9(8)2)11-10(12(15)16)4-3-5-13-11/h3-5,8-9H,6-7H2,1-2H3,(H,15,16). The normalized spacial score (nSPS) is 24.8. The molecule has 4 heteroatoms. The van der Waals surface area contributed by atoms with E-state index in [4.69, 9.17) is 5.11 Å². The molecule has 0 bridgehead atoms. The van der Waals surface area contributed by atoms with Crippen LogP contribution in [0.3, 0.4) is 0 Å². The van der Waals surface area contributed by atoms with Crippen LogP contribution in [0, 0.1) is 11.8 Å². The van der Waals surface area contributed by atoms with E-state index >= 15 is 0 Å². The van der Waals surface area contributed by atoms with Gasteiger partial charge >= 0.3 is 5.97 Å². The van der Waals surface area contributed by atoms with E-state index in [1.54, 1.807) is 18.3 Å². The number of aromatic carboxylic acids is 1. The molecule has 86 valence electrons. The van der Waals surface area contributed by atoms with E-state index in [1.165, 1.54) is 0 Å². The first-order chi connectivity index (χ1) is 7.59. The molecule has 1 N–H and O–H groups in total. The van der Waals surface area contributed by atoms with Gasteiger partial charge in [-0.05, 0) is 24.0 Å². The Labute approximate surface area is 94.9 Å². The highest BCUT2D eigenvalue weighted by molar-refractivity contribution is 5.93. The van der Waals surface area contributed by atoms with Crippen molar-refractivity contribution in [2.24, 2.45) is 11.8 Å². The van der Waals surface area contributed by atoms with Gasteiger partial charge in [0.1, 0.15) is 11.4 Å². The Kier molecular flexibility index (Phi) is 2.81. The molecule has 1 fully saturated rings. The van der Waals surface area contributed by atoms with Gasteiger partial charge in [0, 0.05) is 19.3 Å². The lowest BCUT2D eigenvalue weighted by Crippen LogP contribution is -2.23. The van der Waals surface area contributed by atoms with E-state index in [2.05, 4.69) is 23.7 Å². The summed E-state index contributed by atoms with van der Waals surface area (Å²) >= 11 is 0. The third-order valence-corrected chi connectivity index (χ3v) is 3.30. The van der Waals surface area contributed by atoms with Crippen LogP contribution in [-0.2, 0) is 0 Å². The van der Waals surface area contributed by atoms with Gasteiger partial charge in [-0.1, -0.05) is 13.8 Å². The zero-order valence-corrected chi connectivity index (χ0v) is 9.55. The number of aromatic nitrogens is 1. The molecular weight excluding hydrogens is 204 g/mol. The molecule has 0 radical (unpaired) electrons. The molecular formula is C12H16N2O2. The summed E-state index contributed by atoms with van der Waals surface area (Å²) < 4.78 is 0.